The maximum Gasteiger partial charge on any atom is 0.295 e. The molecule has 4 rings (SSSR count). The highest BCUT2D eigenvalue weighted by Crippen LogP contribution is 2.41. The van der Waals surface area contributed by atoms with E-state index in [1.54, 1.807) is 24.3 Å². The van der Waals surface area contributed by atoms with Crippen molar-refractivity contribution in [3.8, 4) is 0 Å². The minimum Gasteiger partial charge on any atom is -0.507 e. The molecule has 1 saturated heterocycles. The lowest BCUT2D eigenvalue weighted by molar-refractivity contribution is -0.140. The van der Waals surface area contributed by atoms with Gasteiger partial charge in [-0.2, -0.15) is 0 Å². The summed E-state index contributed by atoms with van der Waals surface area (Å²) in [5, 5.41) is 12.7. The van der Waals surface area contributed by atoms with Gasteiger partial charge >= 0.3 is 0 Å². The summed E-state index contributed by atoms with van der Waals surface area (Å²) in [5.74, 6) is -1.37. The van der Waals surface area contributed by atoms with Crippen molar-refractivity contribution in [2.45, 2.75) is 12.6 Å². The summed E-state index contributed by atoms with van der Waals surface area (Å²) >= 11 is 1.46. The van der Waals surface area contributed by atoms with Gasteiger partial charge in [0.25, 0.3) is 11.7 Å². The van der Waals surface area contributed by atoms with Gasteiger partial charge in [-0.15, -0.1) is 11.3 Å². The van der Waals surface area contributed by atoms with Crippen LogP contribution in [0, 0.1) is 0 Å². The van der Waals surface area contributed by atoms with E-state index < -0.39 is 17.7 Å². The molecule has 2 heterocycles. The lowest BCUT2D eigenvalue weighted by Crippen LogP contribution is -2.28. The molecular formula is C22H17NO3S. The van der Waals surface area contributed by atoms with Gasteiger partial charge in [0.2, 0.25) is 0 Å². The van der Waals surface area contributed by atoms with Crippen LogP contribution in [0.3, 0.4) is 0 Å². The van der Waals surface area contributed by atoms with Crippen molar-refractivity contribution in [1.29, 1.82) is 0 Å². The lowest BCUT2D eigenvalue weighted by atomic mass is 10.00. The molecule has 1 aliphatic rings. The molecule has 1 amide bonds. The largest absolute Gasteiger partial charge is 0.507 e. The van der Waals surface area contributed by atoms with Gasteiger partial charge in [0.05, 0.1) is 11.6 Å². The molecule has 2 aromatic carbocycles. The Morgan fingerprint density at radius 2 is 1.59 bits per heavy atom. The zero-order valence-electron chi connectivity index (χ0n) is 14.4. The molecule has 3 aromatic rings. The van der Waals surface area contributed by atoms with Crippen molar-refractivity contribution < 1.29 is 14.7 Å². The number of hydrogen-bond donors (Lipinski definition) is 1. The first-order valence-corrected chi connectivity index (χ1v) is 9.46. The number of ketones is 1. The van der Waals surface area contributed by atoms with Gasteiger partial charge in [0.15, 0.2) is 0 Å². The molecule has 1 N–H and O–H groups in total. The van der Waals surface area contributed by atoms with E-state index in [0.29, 0.717) is 12.1 Å². The third kappa shape index (κ3) is 3.17. The van der Waals surface area contributed by atoms with Crippen LogP contribution in [0.5, 0.6) is 0 Å². The van der Waals surface area contributed by atoms with E-state index in [-0.39, 0.29) is 11.3 Å². The van der Waals surface area contributed by atoms with Gasteiger partial charge in [-0.05, 0) is 17.0 Å². The number of benzene rings is 2. The molecule has 1 aromatic heterocycles. The molecule has 27 heavy (non-hydrogen) atoms. The monoisotopic (exact) mass is 375 g/mol. The summed E-state index contributed by atoms with van der Waals surface area (Å²) in [6, 6.07) is 21.6. The molecule has 1 unspecified atom stereocenters. The number of aliphatic hydroxyl groups is 1. The molecular weight excluding hydrogens is 358 g/mol. The van der Waals surface area contributed by atoms with Gasteiger partial charge < -0.3 is 10.0 Å². The molecule has 1 fully saturated rings. The number of amides is 1. The first kappa shape index (κ1) is 17.2. The minimum atomic E-state index is -0.648. The van der Waals surface area contributed by atoms with E-state index in [1.165, 1.54) is 16.2 Å². The zero-order chi connectivity index (χ0) is 18.8. The lowest BCUT2D eigenvalue weighted by Gasteiger charge is -2.24. The van der Waals surface area contributed by atoms with E-state index in [2.05, 4.69) is 0 Å². The number of rotatable bonds is 4. The molecule has 0 saturated carbocycles. The average molecular weight is 375 g/mol. The predicted molar refractivity (Wildman–Crippen MR) is 105 cm³/mol. The molecule has 134 valence electrons. The van der Waals surface area contributed by atoms with Crippen LogP contribution in [0.15, 0.2) is 83.7 Å². The van der Waals surface area contributed by atoms with Crippen LogP contribution in [-0.4, -0.2) is 21.7 Å². The fourth-order valence-electron chi connectivity index (χ4n) is 3.32. The highest BCUT2D eigenvalue weighted by molar-refractivity contribution is 7.10. The molecule has 0 spiro atoms. The minimum absolute atomic E-state index is 0.136. The predicted octanol–water partition coefficient (Wildman–Crippen LogP) is 4.37. The van der Waals surface area contributed by atoms with Crippen molar-refractivity contribution in [3.05, 3.63) is 99.8 Å². The maximum absolute atomic E-state index is 12.8. The Morgan fingerprint density at radius 3 is 2.22 bits per heavy atom. The van der Waals surface area contributed by atoms with Crippen molar-refractivity contribution in [2.75, 3.05) is 0 Å². The van der Waals surface area contributed by atoms with Crippen LogP contribution in [-0.2, 0) is 16.1 Å². The second kappa shape index (κ2) is 7.21. The fraction of sp³-hybridized carbons (Fsp3) is 0.0909. The number of hydrogen-bond acceptors (Lipinski definition) is 4. The summed E-state index contributed by atoms with van der Waals surface area (Å²) < 4.78 is 0. The Kier molecular flexibility index (Phi) is 4.60. The molecule has 1 aliphatic heterocycles. The molecule has 4 nitrogen and oxygen atoms in total. The normalized spacial score (nSPS) is 18.8. The molecule has 5 heteroatoms. The number of thiophene rings is 1. The van der Waals surface area contributed by atoms with Gasteiger partial charge in [0.1, 0.15) is 5.76 Å². The van der Waals surface area contributed by atoms with E-state index in [0.717, 1.165) is 10.4 Å². The van der Waals surface area contributed by atoms with Crippen molar-refractivity contribution in [3.63, 3.8) is 0 Å². The SMILES string of the molecule is O=C1C(=O)N(Cc2ccccc2)C(c2cccs2)C1=C(O)c1ccccc1. The number of aliphatic hydroxyl groups excluding tert-OH is 1. The van der Waals surface area contributed by atoms with Crippen LogP contribution < -0.4 is 0 Å². The Bertz CT molecular complexity index is 995. The molecule has 0 bridgehead atoms. The Hall–Kier alpha value is -3.18. The van der Waals surface area contributed by atoms with Crippen LogP contribution >= 0.6 is 11.3 Å². The van der Waals surface area contributed by atoms with E-state index in [4.69, 9.17) is 0 Å². The zero-order valence-corrected chi connectivity index (χ0v) is 15.2. The highest BCUT2D eigenvalue weighted by atomic mass is 32.1. The highest BCUT2D eigenvalue weighted by Gasteiger charge is 2.46. The van der Waals surface area contributed by atoms with E-state index >= 15 is 0 Å². The number of likely N-dealkylation sites (tertiary alicyclic amines) is 1. The summed E-state index contributed by atoms with van der Waals surface area (Å²) in [6.07, 6.45) is 0. The van der Waals surface area contributed by atoms with Crippen LogP contribution in [0.2, 0.25) is 0 Å². The molecule has 1 atom stereocenters. The average Bonchev–Trinajstić information content (AvgIpc) is 3.32. The maximum atomic E-state index is 12.8. The molecule has 0 aliphatic carbocycles. The second-order valence-corrected chi connectivity index (χ2v) is 7.27. The van der Waals surface area contributed by atoms with Crippen LogP contribution in [0.25, 0.3) is 5.76 Å². The third-order valence-corrected chi connectivity index (χ3v) is 5.52. The third-order valence-electron chi connectivity index (χ3n) is 4.60. The number of nitrogens with zero attached hydrogens (tertiary/aromatic N) is 1. The number of carbonyl (C=O) groups is 2. The number of Topliss-reactive ketones (excluding diaryl/α,β-unsaturated/α-hetero) is 1. The van der Waals surface area contributed by atoms with Crippen molar-refractivity contribution >= 4 is 28.8 Å². The Balaban J connectivity index is 1.83. The summed E-state index contributed by atoms with van der Waals surface area (Å²) in [4.78, 5) is 28.0. The van der Waals surface area contributed by atoms with Gasteiger partial charge in [-0.3, -0.25) is 9.59 Å². The van der Waals surface area contributed by atoms with Crippen molar-refractivity contribution in [1.82, 2.24) is 4.90 Å². The Labute approximate surface area is 161 Å². The summed E-state index contributed by atoms with van der Waals surface area (Å²) in [6.45, 7) is 0.305. The van der Waals surface area contributed by atoms with E-state index in [1.807, 2.05) is 53.9 Å². The second-order valence-electron chi connectivity index (χ2n) is 6.29. The first-order chi connectivity index (χ1) is 13.2. The van der Waals surface area contributed by atoms with Crippen LogP contribution in [0.1, 0.15) is 22.0 Å². The van der Waals surface area contributed by atoms with Gasteiger partial charge in [0, 0.05) is 17.0 Å². The fourth-order valence-corrected chi connectivity index (χ4v) is 4.16. The smallest absolute Gasteiger partial charge is 0.295 e. The van der Waals surface area contributed by atoms with Crippen molar-refractivity contribution in [2.24, 2.45) is 0 Å². The summed E-state index contributed by atoms with van der Waals surface area (Å²) in [5.41, 5.74) is 1.60. The topological polar surface area (TPSA) is 57.6 Å². The standard InChI is InChI=1S/C22H17NO3S/c24-20(16-10-5-2-6-11-16)18-19(17-12-7-13-27-17)23(22(26)21(18)25)14-15-8-3-1-4-9-15/h1-13,19,24H,14H2. The van der Waals surface area contributed by atoms with Crippen LogP contribution in [0.4, 0.5) is 0 Å². The van der Waals surface area contributed by atoms with E-state index in [9.17, 15) is 14.7 Å². The quantitative estimate of drug-likeness (QED) is 0.418. The Morgan fingerprint density at radius 1 is 0.926 bits per heavy atom. The van der Waals surface area contributed by atoms with Gasteiger partial charge in [-0.25, -0.2) is 0 Å². The molecule has 0 radical (unpaired) electrons. The van der Waals surface area contributed by atoms with Gasteiger partial charge in [-0.1, -0.05) is 66.7 Å². The summed E-state index contributed by atoms with van der Waals surface area (Å²) in [7, 11) is 0. The first-order valence-electron chi connectivity index (χ1n) is 8.58. The number of carbonyl (C=O) groups excluding carboxylic acids is 2.